The summed E-state index contributed by atoms with van der Waals surface area (Å²) in [6.07, 6.45) is 8.06. The summed E-state index contributed by atoms with van der Waals surface area (Å²) < 4.78 is 12.5. The van der Waals surface area contributed by atoms with Crippen molar-refractivity contribution < 1.29 is 14.6 Å². The largest absolute Gasteiger partial charge is 0.508 e. The molecule has 0 bridgehead atoms. The number of aliphatic hydroxyl groups is 1. The molecule has 38 heavy (non-hydrogen) atoms. The van der Waals surface area contributed by atoms with Gasteiger partial charge in [0.25, 0.3) is 5.91 Å². The number of nitrogens with one attached hydrogen (secondary N) is 1. The van der Waals surface area contributed by atoms with Gasteiger partial charge in [-0.05, 0) is 80.4 Å². The quantitative estimate of drug-likeness (QED) is 0.251. The molecule has 1 amide bonds. The van der Waals surface area contributed by atoms with Gasteiger partial charge in [0.05, 0.1) is 19.3 Å². The van der Waals surface area contributed by atoms with Crippen LogP contribution in [0.2, 0.25) is 0 Å². The van der Waals surface area contributed by atoms with Crippen LogP contribution in [0.3, 0.4) is 0 Å². The lowest BCUT2D eigenvalue weighted by Crippen LogP contribution is -2.20. The Morgan fingerprint density at radius 2 is 1.87 bits per heavy atom. The molecule has 1 aliphatic heterocycles. The topological polar surface area (TPSA) is 66.7 Å². The second-order valence-electron chi connectivity index (χ2n) is 9.82. The van der Waals surface area contributed by atoms with Gasteiger partial charge < -0.3 is 14.4 Å². The molecular weight excluding hydrogens is 494 g/mol. The van der Waals surface area contributed by atoms with Gasteiger partial charge in [-0.1, -0.05) is 45.8 Å². The Hall–Kier alpha value is -3.16. The van der Waals surface area contributed by atoms with Gasteiger partial charge in [0.2, 0.25) is 0 Å². The molecule has 1 aromatic heterocycles. The van der Waals surface area contributed by atoms with Crippen LogP contribution in [0.15, 0.2) is 54.3 Å². The number of hydrogen-bond acceptors (Lipinski definition) is 5. The van der Waals surface area contributed by atoms with Gasteiger partial charge in [0.15, 0.2) is 0 Å². The maximum absolute atomic E-state index is 12.9. The minimum atomic E-state index is -0.133. The highest BCUT2D eigenvalue weighted by molar-refractivity contribution is 7.95. The van der Waals surface area contributed by atoms with Crippen molar-refractivity contribution in [2.24, 2.45) is 0 Å². The van der Waals surface area contributed by atoms with E-state index in [-0.39, 0.29) is 11.7 Å². The maximum atomic E-state index is 12.9. The summed E-state index contributed by atoms with van der Waals surface area (Å²) in [4.78, 5) is 12.9. The van der Waals surface area contributed by atoms with E-state index in [2.05, 4.69) is 28.0 Å². The number of nitrogens with zero attached hydrogens (tertiary/aromatic N) is 2. The first-order valence-electron chi connectivity index (χ1n) is 13.5. The van der Waals surface area contributed by atoms with Crippen LogP contribution in [0.4, 0.5) is 0 Å². The van der Waals surface area contributed by atoms with Crippen molar-refractivity contribution in [2.45, 2.75) is 58.4 Å². The van der Waals surface area contributed by atoms with Gasteiger partial charge >= 0.3 is 0 Å². The Morgan fingerprint density at radius 1 is 1.13 bits per heavy atom. The fourth-order valence-electron chi connectivity index (χ4n) is 5.55. The normalized spacial score (nSPS) is 15.1. The first-order valence-corrected chi connectivity index (χ1v) is 14.2. The molecule has 2 heterocycles. The zero-order valence-corrected chi connectivity index (χ0v) is 24.0. The summed E-state index contributed by atoms with van der Waals surface area (Å²) >= 11 is 1.26. The zero-order chi connectivity index (χ0) is 27.4. The van der Waals surface area contributed by atoms with Crippen LogP contribution in [0, 0.1) is 0 Å². The molecule has 0 spiro atoms. The summed E-state index contributed by atoms with van der Waals surface area (Å²) in [5, 5.41) is 11.7. The lowest BCUT2D eigenvalue weighted by atomic mass is 9.81. The third-order valence-corrected chi connectivity index (χ3v) is 7.88. The molecule has 2 aromatic carbocycles. The van der Waals surface area contributed by atoms with Crippen LogP contribution in [0.1, 0.15) is 73.4 Å². The predicted molar refractivity (Wildman–Crippen MR) is 160 cm³/mol. The molecule has 0 radical (unpaired) electrons. The molecule has 1 fully saturated rings. The number of benzene rings is 2. The highest BCUT2D eigenvalue weighted by Crippen LogP contribution is 2.47. The third kappa shape index (κ3) is 5.49. The first-order chi connectivity index (χ1) is 18.4. The van der Waals surface area contributed by atoms with E-state index >= 15 is 0 Å². The summed E-state index contributed by atoms with van der Waals surface area (Å²) in [6.45, 7) is 8.32. The van der Waals surface area contributed by atoms with Crippen LogP contribution in [0.25, 0.3) is 28.2 Å². The standard InChI is InChI=1S/C29H33N3O3S.C2H6/c1-18(33)22-14-21-15-23(35-4)11-13-24(21)28-27(19-8-6-5-7-9-19)25-12-10-20(16-26(25)32(28)17-22)29(34)30-36-31(2)3;1-2/h10-16,19,33H,1,5-9,17H2,2-4H3,(H,30,34);1-2H3. The van der Waals surface area contributed by atoms with Crippen LogP contribution >= 0.6 is 12.1 Å². The Morgan fingerprint density at radius 3 is 2.53 bits per heavy atom. The van der Waals surface area contributed by atoms with E-state index < -0.39 is 0 Å². The molecule has 2 N–H and O–H groups in total. The molecule has 2 aliphatic rings. The molecule has 1 saturated carbocycles. The fourth-order valence-corrected chi connectivity index (χ4v) is 5.93. The van der Waals surface area contributed by atoms with Gasteiger partial charge in [-0.15, -0.1) is 0 Å². The number of hydrogen-bond donors (Lipinski definition) is 2. The van der Waals surface area contributed by atoms with Crippen molar-refractivity contribution in [3.63, 3.8) is 0 Å². The molecule has 7 heteroatoms. The van der Waals surface area contributed by atoms with Crippen molar-refractivity contribution in [1.29, 1.82) is 0 Å². The number of amides is 1. The number of aliphatic hydroxyl groups excluding tert-OH is 1. The van der Waals surface area contributed by atoms with Crippen molar-refractivity contribution >= 4 is 35.0 Å². The average Bonchev–Trinajstić information content (AvgIpc) is 3.15. The Balaban J connectivity index is 0.00000164. The SMILES string of the molecule is C=C(O)C1=Cc2cc(OC)ccc2-c2c(C3CCCCC3)c3ccc(C(=O)NSN(C)C)cc3n2C1.CC. The maximum Gasteiger partial charge on any atom is 0.262 e. The van der Waals surface area contributed by atoms with Gasteiger partial charge in [0, 0.05) is 39.7 Å². The van der Waals surface area contributed by atoms with E-state index in [4.69, 9.17) is 4.74 Å². The smallest absolute Gasteiger partial charge is 0.262 e. The molecule has 5 rings (SSSR count). The van der Waals surface area contributed by atoms with E-state index in [1.807, 2.05) is 62.6 Å². The van der Waals surface area contributed by atoms with Gasteiger partial charge in [-0.3, -0.25) is 9.52 Å². The summed E-state index contributed by atoms with van der Waals surface area (Å²) in [5.41, 5.74) is 6.99. The Labute approximate surface area is 230 Å². The van der Waals surface area contributed by atoms with E-state index in [9.17, 15) is 9.90 Å². The van der Waals surface area contributed by atoms with Crippen LogP contribution in [-0.4, -0.2) is 41.1 Å². The fraction of sp³-hybridized carbons (Fsp3) is 0.387. The van der Waals surface area contributed by atoms with Crippen molar-refractivity contribution in [1.82, 2.24) is 13.6 Å². The minimum Gasteiger partial charge on any atom is -0.508 e. The molecule has 0 unspecified atom stereocenters. The van der Waals surface area contributed by atoms with E-state index in [0.717, 1.165) is 40.8 Å². The number of aromatic nitrogens is 1. The Bertz CT molecular complexity index is 1370. The average molecular weight is 534 g/mol. The lowest BCUT2D eigenvalue weighted by molar-refractivity contribution is 0.0983. The number of methoxy groups -OCH3 is 1. The third-order valence-electron chi connectivity index (χ3n) is 7.24. The molecule has 3 aromatic rings. The van der Waals surface area contributed by atoms with Gasteiger partial charge in [-0.2, -0.15) is 0 Å². The molecule has 6 nitrogen and oxygen atoms in total. The number of fused-ring (bicyclic) bond motifs is 5. The van der Waals surface area contributed by atoms with Crippen molar-refractivity contribution in [3.8, 4) is 17.0 Å². The van der Waals surface area contributed by atoms with E-state index in [1.165, 1.54) is 48.0 Å². The summed E-state index contributed by atoms with van der Waals surface area (Å²) in [7, 11) is 5.44. The lowest BCUT2D eigenvalue weighted by Gasteiger charge is -2.24. The predicted octanol–water partition coefficient (Wildman–Crippen LogP) is 7.71. The minimum absolute atomic E-state index is 0.0500. The highest BCUT2D eigenvalue weighted by atomic mass is 32.2. The van der Waals surface area contributed by atoms with E-state index in [0.29, 0.717) is 18.0 Å². The van der Waals surface area contributed by atoms with Crippen LogP contribution < -0.4 is 9.46 Å². The van der Waals surface area contributed by atoms with Gasteiger partial charge in [0.1, 0.15) is 11.5 Å². The Kier molecular flexibility index (Phi) is 8.90. The number of carbonyl (C=O) groups excluding carboxylic acids is 1. The highest BCUT2D eigenvalue weighted by Gasteiger charge is 2.30. The monoisotopic (exact) mass is 533 g/mol. The van der Waals surface area contributed by atoms with Crippen LogP contribution in [-0.2, 0) is 6.54 Å². The number of rotatable bonds is 6. The number of ether oxygens (including phenoxy) is 1. The van der Waals surface area contributed by atoms with Crippen molar-refractivity contribution in [3.05, 3.63) is 71.0 Å². The summed E-state index contributed by atoms with van der Waals surface area (Å²) in [6, 6.07) is 12.2. The molecule has 202 valence electrons. The molecule has 0 saturated heterocycles. The van der Waals surface area contributed by atoms with Crippen molar-refractivity contribution in [2.75, 3.05) is 21.2 Å². The second kappa shape index (κ2) is 12.1. The molecule has 0 atom stereocenters. The first kappa shape index (κ1) is 27.9. The van der Waals surface area contributed by atoms with E-state index in [1.54, 1.807) is 7.11 Å². The number of allylic oxidation sites excluding steroid dienone is 1. The van der Waals surface area contributed by atoms with Crippen LogP contribution in [0.5, 0.6) is 5.75 Å². The molecule has 1 aliphatic carbocycles. The summed E-state index contributed by atoms with van der Waals surface area (Å²) in [5.74, 6) is 1.14. The second-order valence-corrected chi connectivity index (χ2v) is 10.9. The number of carbonyl (C=O) groups is 1. The molecular formula is C31H39N3O3S. The zero-order valence-electron chi connectivity index (χ0n) is 23.1. The van der Waals surface area contributed by atoms with Gasteiger partial charge in [-0.25, -0.2) is 4.31 Å².